The summed E-state index contributed by atoms with van der Waals surface area (Å²) in [7, 11) is 0. The van der Waals surface area contributed by atoms with Crippen LogP contribution in [0.1, 0.15) is 12.5 Å². The van der Waals surface area contributed by atoms with E-state index in [2.05, 4.69) is 39.1 Å². The average molecular weight is 258 g/mol. The average Bonchev–Trinajstić information content (AvgIpc) is 2.96. The first-order chi connectivity index (χ1) is 8.81. The van der Waals surface area contributed by atoms with Gasteiger partial charge in [-0.15, -0.1) is 5.10 Å². The predicted octanol–water partition coefficient (Wildman–Crippen LogP) is 2.83. The third-order valence-electron chi connectivity index (χ3n) is 2.74. The molecule has 0 amide bonds. The summed E-state index contributed by atoms with van der Waals surface area (Å²) < 4.78 is 1.78. The zero-order chi connectivity index (χ0) is 12.4. The number of pyridine rings is 1. The summed E-state index contributed by atoms with van der Waals surface area (Å²) in [6.07, 6.45) is 2.89. The number of hydrogen-bond acceptors (Lipinski definition) is 4. The fourth-order valence-corrected chi connectivity index (χ4v) is 2.61. The molecule has 5 heteroatoms. The van der Waals surface area contributed by atoms with Crippen LogP contribution in [0.15, 0.2) is 41.2 Å². The van der Waals surface area contributed by atoms with Gasteiger partial charge in [0.25, 0.3) is 0 Å². The molecule has 92 valence electrons. The zero-order valence-corrected chi connectivity index (χ0v) is 10.9. The molecule has 1 N–H and O–H groups in total. The summed E-state index contributed by atoms with van der Waals surface area (Å²) in [4.78, 5) is 4.43. The maximum absolute atomic E-state index is 4.43. The van der Waals surface area contributed by atoms with E-state index in [0.717, 1.165) is 12.1 Å². The van der Waals surface area contributed by atoms with E-state index in [1.54, 1.807) is 15.9 Å². The number of fused-ring (bicyclic) bond motifs is 1. The van der Waals surface area contributed by atoms with E-state index in [1.807, 2.05) is 24.4 Å². The number of thiophene rings is 1. The van der Waals surface area contributed by atoms with Gasteiger partial charge in [0.05, 0.1) is 0 Å². The van der Waals surface area contributed by atoms with Crippen LogP contribution in [-0.2, 0) is 6.42 Å². The molecule has 0 saturated heterocycles. The third kappa shape index (κ3) is 2.36. The van der Waals surface area contributed by atoms with E-state index in [9.17, 15) is 0 Å². The summed E-state index contributed by atoms with van der Waals surface area (Å²) >= 11 is 1.73. The van der Waals surface area contributed by atoms with Gasteiger partial charge in [-0.05, 0) is 47.9 Å². The Morgan fingerprint density at radius 1 is 1.39 bits per heavy atom. The van der Waals surface area contributed by atoms with Crippen molar-refractivity contribution in [1.29, 1.82) is 0 Å². The summed E-state index contributed by atoms with van der Waals surface area (Å²) in [6, 6.07) is 8.32. The van der Waals surface area contributed by atoms with Gasteiger partial charge in [-0.25, -0.2) is 4.52 Å². The normalized spacial score (nSPS) is 12.7. The Labute approximate surface area is 109 Å². The monoisotopic (exact) mass is 258 g/mol. The van der Waals surface area contributed by atoms with Crippen molar-refractivity contribution in [1.82, 2.24) is 14.6 Å². The maximum atomic E-state index is 4.43. The molecule has 1 unspecified atom stereocenters. The van der Waals surface area contributed by atoms with Gasteiger partial charge < -0.3 is 5.32 Å². The van der Waals surface area contributed by atoms with Crippen LogP contribution in [0.25, 0.3) is 5.65 Å². The van der Waals surface area contributed by atoms with Crippen molar-refractivity contribution in [2.24, 2.45) is 0 Å². The molecule has 3 aromatic heterocycles. The number of rotatable bonds is 4. The van der Waals surface area contributed by atoms with Crippen molar-refractivity contribution in [3.63, 3.8) is 0 Å². The second-order valence-corrected chi connectivity index (χ2v) is 5.10. The first kappa shape index (κ1) is 11.2. The molecule has 18 heavy (non-hydrogen) atoms. The molecule has 4 nitrogen and oxygen atoms in total. The summed E-state index contributed by atoms with van der Waals surface area (Å²) in [6.45, 7) is 2.14. The topological polar surface area (TPSA) is 42.2 Å². The summed E-state index contributed by atoms with van der Waals surface area (Å²) in [5.41, 5.74) is 2.21. The first-order valence-corrected chi connectivity index (χ1v) is 6.84. The highest BCUT2D eigenvalue weighted by Crippen LogP contribution is 2.11. The molecule has 0 aromatic carbocycles. The molecule has 0 bridgehead atoms. The largest absolute Gasteiger partial charge is 0.350 e. The smallest absolute Gasteiger partial charge is 0.243 e. The number of aromatic nitrogens is 3. The van der Waals surface area contributed by atoms with Crippen molar-refractivity contribution in [3.05, 3.63) is 46.8 Å². The van der Waals surface area contributed by atoms with Gasteiger partial charge in [0.1, 0.15) is 0 Å². The highest BCUT2D eigenvalue weighted by molar-refractivity contribution is 7.07. The molecule has 0 saturated carbocycles. The molecule has 0 radical (unpaired) electrons. The molecule has 1 atom stereocenters. The van der Waals surface area contributed by atoms with Crippen molar-refractivity contribution in [2.75, 3.05) is 5.32 Å². The Balaban J connectivity index is 1.71. The highest BCUT2D eigenvalue weighted by atomic mass is 32.1. The van der Waals surface area contributed by atoms with Gasteiger partial charge in [0.15, 0.2) is 5.65 Å². The Kier molecular flexibility index (Phi) is 2.98. The molecule has 3 heterocycles. The van der Waals surface area contributed by atoms with Crippen LogP contribution >= 0.6 is 11.3 Å². The van der Waals surface area contributed by atoms with Crippen LogP contribution in [0.3, 0.4) is 0 Å². The minimum absolute atomic E-state index is 0.317. The van der Waals surface area contributed by atoms with Gasteiger partial charge >= 0.3 is 0 Å². The lowest BCUT2D eigenvalue weighted by molar-refractivity contribution is 0.777. The molecule has 0 aliphatic carbocycles. The van der Waals surface area contributed by atoms with Crippen LogP contribution in [0, 0.1) is 0 Å². The van der Waals surface area contributed by atoms with Crippen LogP contribution < -0.4 is 5.32 Å². The lowest BCUT2D eigenvalue weighted by Gasteiger charge is -2.10. The van der Waals surface area contributed by atoms with E-state index >= 15 is 0 Å². The molecular weight excluding hydrogens is 244 g/mol. The molecule has 0 aliphatic heterocycles. The summed E-state index contributed by atoms with van der Waals surface area (Å²) in [5.74, 6) is 0.684. The Morgan fingerprint density at radius 2 is 2.33 bits per heavy atom. The van der Waals surface area contributed by atoms with Gasteiger partial charge in [0.2, 0.25) is 5.95 Å². The van der Waals surface area contributed by atoms with Crippen LogP contribution in [0.4, 0.5) is 5.95 Å². The zero-order valence-electron chi connectivity index (χ0n) is 10.1. The minimum Gasteiger partial charge on any atom is -0.350 e. The molecule has 3 aromatic rings. The van der Waals surface area contributed by atoms with E-state index < -0.39 is 0 Å². The highest BCUT2D eigenvalue weighted by Gasteiger charge is 2.08. The quantitative estimate of drug-likeness (QED) is 0.782. The summed E-state index contributed by atoms with van der Waals surface area (Å²) in [5, 5.41) is 12.0. The Hall–Kier alpha value is -1.88. The predicted molar refractivity (Wildman–Crippen MR) is 74.1 cm³/mol. The van der Waals surface area contributed by atoms with Crippen LogP contribution in [-0.4, -0.2) is 20.6 Å². The second kappa shape index (κ2) is 4.78. The van der Waals surface area contributed by atoms with Gasteiger partial charge in [0, 0.05) is 12.2 Å². The van der Waals surface area contributed by atoms with Gasteiger partial charge in [-0.3, -0.25) is 0 Å². The molecule has 0 spiro atoms. The molecule has 0 aliphatic rings. The first-order valence-electron chi connectivity index (χ1n) is 5.90. The van der Waals surface area contributed by atoms with Crippen molar-refractivity contribution >= 4 is 22.9 Å². The van der Waals surface area contributed by atoms with E-state index in [4.69, 9.17) is 0 Å². The molecular formula is C13H14N4S. The number of hydrogen-bond donors (Lipinski definition) is 1. The van der Waals surface area contributed by atoms with Crippen molar-refractivity contribution in [2.45, 2.75) is 19.4 Å². The van der Waals surface area contributed by atoms with Crippen LogP contribution in [0.5, 0.6) is 0 Å². The lowest BCUT2D eigenvalue weighted by Crippen LogP contribution is -2.18. The fraction of sp³-hybridized carbons (Fsp3) is 0.231. The van der Waals surface area contributed by atoms with E-state index in [-0.39, 0.29) is 0 Å². The minimum atomic E-state index is 0.317. The second-order valence-electron chi connectivity index (χ2n) is 4.32. The Morgan fingerprint density at radius 3 is 3.11 bits per heavy atom. The lowest BCUT2D eigenvalue weighted by atomic mass is 10.1. The third-order valence-corrected chi connectivity index (χ3v) is 3.47. The maximum Gasteiger partial charge on any atom is 0.243 e. The van der Waals surface area contributed by atoms with E-state index in [1.165, 1.54) is 5.56 Å². The SMILES string of the molecule is CC(Cc1ccsc1)Nc1nc2ccccn2n1. The number of nitrogens with zero attached hydrogens (tertiary/aromatic N) is 3. The van der Waals surface area contributed by atoms with Crippen molar-refractivity contribution in [3.8, 4) is 0 Å². The van der Waals surface area contributed by atoms with E-state index in [0.29, 0.717) is 12.0 Å². The Bertz CT molecular complexity index is 596. The fourth-order valence-electron chi connectivity index (χ4n) is 1.93. The molecule has 3 rings (SSSR count). The van der Waals surface area contributed by atoms with Gasteiger partial charge in [-0.2, -0.15) is 16.3 Å². The standard InChI is InChI=1S/C13H14N4S/c1-10(8-11-5-7-18-9-11)14-13-15-12-4-2-3-6-17(12)16-13/h2-7,9-10H,8H2,1H3,(H,14,16). The van der Waals surface area contributed by atoms with Crippen LogP contribution in [0.2, 0.25) is 0 Å². The van der Waals surface area contributed by atoms with Gasteiger partial charge in [-0.1, -0.05) is 6.07 Å². The number of nitrogens with one attached hydrogen (secondary N) is 1. The van der Waals surface area contributed by atoms with Crippen molar-refractivity contribution < 1.29 is 0 Å². The molecule has 0 fully saturated rings. The number of anilines is 1.